The van der Waals surface area contributed by atoms with Gasteiger partial charge in [0.2, 0.25) is 0 Å². The third-order valence-electron chi connectivity index (χ3n) is 5.80. The van der Waals surface area contributed by atoms with Gasteiger partial charge in [0, 0.05) is 55.9 Å². The molecule has 1 aliphatic heterocycles. The molecule has 7 heteroatoms. The highest BCUT2D eigenvalue weighted by Gasteiger charge is 2.27. The lowest BCUT2D eigenvalue weighted by molar-refractivity contribution is 0.0734. The summed E-state index contributed by atoms with van der Waals surface area (Å²) in [5, 5.41) is 4.41. The van der Waals surface area contributed by atoms with Crippen molar-refractivity contribution in [3.05, 3.63) is 48.3 Å². The maximum atomic E-state index is 13.5. The molecule has 3 heterocycles. The number of ether oxygens (including phenoxy) is 1. The van der Waals surface area contributed by atoms with E-state index in [1.54, 1.807) is 7.11 Å². The predicted octanol–water partition coefficient (Wildman–Crippen LogP) is 4.02. The lowest BCUT2D eigenvalue weighted by atomic mass is 10.2. The van der Waals surface area contributed by atoms with Gasteiger partial charge in [-0.15, -0.1) is 0 Å². The zero-order valence-corrected chi connectivity index (χ0v) is 18.8. The van der Waals surface area contributed by atoms with Crippen molar-refractivity contribution in [3.63, 3.8) is 0 Å². The van der Waals surface area contributed by atoms with E-state index in [4.69, 9.17) is 4.74 Å². The van der Waals surface area contributed by atoms with Crippen molar-refractivity contribution < 1.29 is 9.53 Å². The van der Waals surface area contributed by atoms with Gasteiger partial charge in [0.05, 0.1) is 12.8 Å². The first-order valence-corrected chi connectivity index (χ1v) is 11.0. The minimum Gasteiger partial charge on any atom is -0.497 e. The molecule has 1 saturated heterocycles. The first-order valence-electron chi connectivity index (χ1n) is 11.0. The average Bonchev–Trinajstić information content (AvgIpc) is 3.18. The fourth-order valence-corrected chi connectivity index (χ4v) is 4.32. The topological polar surface area (TPSA) is 62.6 Å². The number of benzene rings is 1. The molecule has 1 N–H and O–H groups in total. The van der Waals surface area contributed by atoms with Crippen LogP contribution in [0.1, 0.15) is 37.3 Å². The Morgan fingerprint density at radius 3 is 2.61 bits per heavy atom. The number of pyridine rings is 1. The summed E-state index contributed by atoms with van der Waals surface area (Å²) in [6.07, 6.45) is 1.82. The Hall–Kier alpha value is -3.22. The predicted molar refractivity (Wildman–Crippen MR) is 125 cm³/mol. The summed E-state index contributed by atoms with van der Waals surface area (Å²) in [6, 6.07) is 12.2. The third kappa shape index (κ3) is 4.04. The van der Waals surface area contributed by atoms with Crippen LogP contribution in [0.2, 0.25) is 0 Å². The molecule has 0 unspecified atom stereocenters. The largest absolute Gasteiger partial charge is 0.497 e. The van der Waals surface area contributed by atoms with Gasteiger partial charge in [-0.25, -0.2) is 4.98 Å². The van der Waals surface area contributed by atoms with Gasteiger partial charge >= 0.3 is 0 Å². The highest BCUT2D eigenvalue weighted by molar-refractivity contribution is 5.99. The second-order valence-corrected chi connectivity index (χ2v) is 8.10. The normalized spacial score (nSPS) is 14.4. The molecule has 7 nitrogen and oxygen atoms in total. The summed E-state index contributed by atoms with van der Waals surface area (Å²) >= 11 is 0. The van der Waals surface area contributed by atoms with Crippen LogP contribution in [0.5, 0.6) is 5.75 Å². The number of fused-ring (bicyclic) bond motifs is 1. The summed E-state index contributed by atoms with van der Waals surface area (Å²) < 4.78 is 7.50. The highest BCUT2D eigenvalue weighted by atomic mass is 16.5. The van der Waals surface area contributed by atoms with E-state index in [1.807, 2.05) is 41.4 Å². The van der Waals surface area contributed by atoms with E-state index in [0.717, 1.165) is 53.5 Å². The van der Waals surface area contributed by atoms with Gasteiger partial charge in [0.15, 0.2) is 5.82 Å². The van der Waals surface area contributed by atoms with E-state index in [2.05, 4.69) is 46.6 Å². The quantitative estimate of drug-likeness (QED) is 0.651. The number of hydrogen-bond acceptors (Lipinski definition) is 5. The number of nitrogens with one attached hydrogen (secondary N) is 1. The number of carbonyl (C=O) groups is 1. The monoisotopic (exact) mass is 421 g/mol. The summed E-state index contributed by atoms with van der Waals surface area (Å²) in [5.41, 5.74) is 2.83. The van der Waals surface area contributed by atoms with Gasteiger partial charge in [-0.1, -0.05) is 0 Å². The van der Waals surface area contributed by atoms with Crippen molar-refractivity contribution in [1.29, 1.82) is 0 Å². The number of carbonyl (C=O) groups excluding carboxylic acids is 1. The van der Waals surface area contributed by atoms with Crippen LogP contribution in [0.25, 0.3) is 10.9 Å². The van der Waals surface area contributed by atoms with E-state index in [-0.39, 0.29) is 11.9 Å². The molecule has 0 saturated carbocycles. The van der Waals surface area contributed by atoms with Crippen LogP contribution in [0.4, 0.5) is 11.5 Å². The van der Waals surface area contributed by atoms with Crippen LogP contribution in [0.3, 0.4) is 0 Å². The number of methoxy groups -OCH3 is 1. The number of aromatic nitrogens is 2. The highest BCUT2D eigenvalue weighted by Crippen LogP contribution is 2.29. The lowest BCUT2D eigenvalue weighted by Crippen LogP contribution is -2.49. The molecule has 0 atom stereocenters. The van der Waals surface area contributed by atoms with Crippen molar-refractivity contribution in [1.82, 2.24) is 14.5 Å². The second-order valence-electron chi connectivity index (χ2n) is 8.10. The summed E-state index contributed by atoms with van der Waals surface area (Å²) in [4.78, 5) is 22.3. The van der Waals surface area contributed by atoms with Gasteiger partial charge in [0.1, 0.15) is 11.4 Å². The number of rotatable bonds is 6. The van der Waals surface area contributed by atoms with Crippen LogP contribution < -0.4 is 15.0 Å². The lowest BCUT2D eigenvalue weighted by Gasteiger charge is -2.36. The van der Waals surface area contributed by atoms with Gasteiger partial charge in [-0.05, 0) is 57.2 Å². The number of piperazine rings is 1. The van der Waals surface area contributed by atoms with E-state index < -0.39 is 0 Å². The number of amides is 1. The molecule has 0 radical (unpaired) electrons. The van der Waals surface area contributed by atoms with Gasteiger partial charge < -0.3 is 24.4 Å². The minimum absolute atomic E-state index is 0.0800. The van der Waals surface area contributed by atoms with Crippen molar-refractivity contribution in [2.24, 2.45) is 0 Å². The van der Waals surface area contributed by atoms with Crippen LogP contribution >= 0.6 is 0 Å². The third-order valence-corrected chi connectivity index (χ3v) is 5.80. The van der Waals surface area contributed by atoms with Crippen molar-refractivity contribution in [2.45, 2.75) is 26.8 Å². The molecular weight excluding hydrogens is 390 g/mol. The van der Waals surface area contributed by atoms with E-state index in [9.17, 15) is 4.79 Å². The summed E-state index contributed by atoms with van der Waals surface area (Å²) in [5.74, 6) is 1.84. The first kappa shape index (κ1) is 21.0. The van der Waals surface area contributed by atoms with Crippen LogP contribution in [-0.2, 0) is 0 Å². The van der Waals surface area contributed by atoms with Crippen LogP contribution in [0, 0.1) is 0 Å². The first-order chi connectivity index (χ1) is 15.0. The van der Waals surface area contributed by atoms with Gasteiger partial charge in [-0.2, -0.15) is 0 Å². The Morgan fingerprint density at radius 2 is 1.94 bits per heavy atom. The van der Waals surface area contributed by atoms with Crippen molar-refractivity contribution in [2.75, 3.05) is 50.1 Å². The summed E-state index contributed by atoms with van der Waals surface area (Å²) in [6.45, 7) is 10.0. The van der Waals surface area contributed by atoms with Crippen LogP contribution in [0.15, 0.2) is 42.6 Å². The number of anilines is 2. The molecule has 0 spiro atoms. The Labute approximate surface area is 183 Å². The van der Waals surface area contributed by atoms with Gasteiger partial charge in [-0.3, -0.25) is 4.79 Å². The molecule has 3 aromatic rings. The molecule has 31 heavy (non-hydrogen) atoms. The average molecular weight is 422 g/mol. The number of hydrogen-bond donors (Lipinski definition) is 1. The molecule has 1 aromatic carbocycles. The Bertz CT molecular complexity index is 1070. The molecule has 1 aliphatic rings. The zero-order valence-electron chi connectivity index (χ0n) is 18.8. The zero-order chi connectivity index (χ0) is 22.0. The molecule has 0 bridgehead atoms. The number of nitrogens with zero attached hydrogens (tertiary/aromatic N) is 4. The van der Waals surface area contributed by atoms with E-state index in [1.165, 1.54) is 0 Å². The summed E-state index contributed by atoms with van der Waals surface area (Å²) in [7, 11) is 1.66. The van der Waals surface area contributed by atoms with E-state index >= 15 is 0 Å². The molecule has 2 aromatic heterocycles. The van der Waals surface area contributed by atoms with Crippen molar-refractivity contribution in [3.8, 4) is 5.75 Å². The SMILES string of the molecule is CCNc1cccnc1N1CCN(C(=O)c2cc3cc(OC)ccc3n2C(C)C)CC1. The maximum Gasteiger partial charge on any atom is 0.270 e. The Kier molecular flexibility index (Phi) is 6.02. The minimum atomic E-state index is 0.0800. The molecule has 164 valence electrons. The smallest absolute Gasteiger partial charge is 0.270 e. The van der Waals surface area contributed by atoms with Crippen LogP contribution in [-0.4, -0.2) is 60.2 Å². The second kappa shape index (κ2) is 8.88. The molecule has 0 aliphatic carbocycles. The fourth-order valence-electron chi connectivity index (χ4n) is 4.32. The Morgan fingerprint density at radius 1 is 1.16 bits per heavy atom. The maximum absolute atomic E-state index is 13.5. The van der Waals surface area contributed by atoms with Crippen molar-refractivity contribution >= 4 is 28.3 Å². The van der Waals surface area contributed by atoms with Gasteiger partial charge in [0.25, 0.3) is 5.91 Å². The molecule has 1 fully saturated rings. The fraction of sp³-hybridized carbons (Fsp3) is 0.417. The van der Waals surface area contributed by atoms with E-state index in [0.29, 0.717) is 13.1 Å². The standard InChI is InChI=1S/C24H31N5O2/c1-5-25-20-7-6-10-26-23(20)27-11-13-28(14-12-27)24(30)22-16-18-15-19(31-4)8-9-21(18)29(22)17(2)3/h6-10,15-17,25H,5,11-14H2,1-4H3. The Balaban J connectivity index is 1.55. The molecule has 4 rings (SSSR count). The molecular formula is C24H31N5O2. The molecule has 1 amide bonds.